The van der Waals surface area contributed by atoms with Gasteiger partial charge in [-0.1, -0.05) is 29.8 Å². The van der Waals surface area contributed by atoms with Gasteiger partial charge in [-0.05, 0) is 25.5 Å². The van der Waals surface area contributed by atoms with Crippen molar-refractivity contribution < 1.29 is 4.79 Å². The maximum Gasteiger partial charge on any atom is 0.261 e. The normalized spacial score (nSPS) is 10.7. The molecule has 118 valence electrons. The zero-order valence-electron chi connectivity index (χ0n) is 12.7. The van der Waals surface area contributed by atoms with Crippen LogP contribution >= 0.6 is 22.9 Å². The summed E-state index contributed by atoms with van der Waals surface area (Å²) in [5.41, 5.74) is 3.03. The summed E-state index contributed by atoms with van der Waals surface area (Å²) in [6.45, 7) is 4.23. The molecule has 0 fully saturated rings. The highest BCUT2D eigenvalue weighted by molar-refractivity contribution is 7.13. The zero-order valence-corrected chi connectivity index (χ0v) is 14.3. The highest BCUT2D eigenvalue weighted by Gasteiger charge is 2.19. The van der Waals surface area contributed by atoms with E-state index < -0.39 is 0 Å². The van der Waals surface area contributed by atoms with Crippen molar-refractivity contribution in [2.75, 3.05) is 5.32 Å². The van der Waals surface area contributed by atoms with Crippen LogP contribution in [0.5, 0.6) is 0 Å². The molecular weight excluding hydrogens is 332 g/mol. The van der Waals surface area contributed by atoms with E-state index in [9.17, 15) is 4.79 Å². The van der Waals surface area contributed by atoms with Crippen LogP contribution in [-0.2, 0) is 6.54 Å². The maximum atomic E-state index is 12.5. The summed E-state index contributed by atoms with van der Waals surface area (Å²) in [6, 6.07) is 7.62. The van der Waals surface area contributed by atoms with Crippen LogP contribution < -0.4 is 5.32 Å². The molecule has 0 atom stereocenters. The maximum absolute atomic E-state index is 12.5. The van der Waals surface area contributed by atoms with E-state index in [1.165, 1.54) is 11.3 Å². The fourth-order valence-corrected chi connectivity index (χ4v) is 3.13. The summed E-state index contributed by atoms with van der Waals surface area (Å²) in [5.74, 6) is -0.194. The van der Waals surface area contributed by atoms with Crippen LogP contribution in [0.15, 0.2) is 35.8 Å². The Morgan fingerprint density at radius 1 is 1.35 bits per heavy atom. The number of benzene rings is 1. The summed E-state index contributed by atoms with van der Waals surface area (Å²) in [5, 5.41) is 10.4. The molecule has 3 aromatic rings. The van der Waals surface area contributed by atoms with E-state index in [2.05, 4.69) is 15.4 Å². The fraction of sp³-hybridized carbons (Fsp3) is 0.188. The smallest absolute Gasteiger partial charge is 0.261 e. The predicted molar refractivity (Wildman–Crippen MR) is 92.3 cm³/mol. The third-order valence-corrected chi connectivity index (χ3v) is 4.60. The monoisotopic (exact) mass is 346 g/mol. The van der Waals surface area contributed by atoms with Crippen LogP contribution in [0.2, 0.25) is 5.02 Å². The van der Waals surface area contributed by atoms with E-state index in [1.807, 2.05) is 43.5 Å². The number of rotatable bonds is 4. The lowest BCUT2D eigenvalue weighted by atomic mass is 10.2. The highest BCUT2D eigenvalue weighted by atomic mass is 35.5. The molecule has 0 spiro atoms. The molecule has 3 rings (SSSR count). The Kier molecular flexibility index (Phi) is 4.45. The molecule has 1 aromatic carbocycles. The van der Waals surface area contributed by atoms with Crippen LogP contribution in [0, 0.1) is 13.8 Å². The first-order chi connectivity index (χ1) is 11.1. The summed E-state index contributed by atoms with van der Waals surface area (Å²) in [6.07, 6.45) is 1.65. The minimum atomic E-state index is -0.194. The van der Waals surface area contributed by atoms with Crippen LogP contribution in [0.25, 0.3) is 0 Å². The SMILES string of the molecule is Cc1nn(Cc2ccccc2Cl)c(C)c1C(=O)Nc1nccs1. The summed E-state index contributed by atoms with van der Waals surface area (Å²) < 4.78 is 1.80. The fourth-order valence-electron chi connectivity index (χ4n) is 2.41. The number of aryl methyl sites for hydroxylation is 1. The van der Waals surface area contributed by atoms with E-state index in [0.29, 0.717) is 28.0 Å². The molecule has 7 heteroatoms. The van der Waals surface area contributed by atoms with E-state index in [4.69, 9.17) is 11.6 Å². The van der Waals surface area contributed by atoms with Gasteiger partial charge < -0.3 is 0 Å². The van der Waals surface area contributed by atoms with Crippen molar-refractivity contribution in [3.63, 3.8) is 0 Å². The molecule has 0 aliphatic rings. The van der Waals surface area contributed by atoms with Gasteiger partial charge >= 0.3 is 0 Å². The highest BCUT2D eigenvalue weighted by Crippen LogP contribution is 2.21. The Labute approximate surface area is 142 Å². The molecule has 5 nitrogen and oxygen atoms in total. The lowest BCUT2D eigenvalue weighted by Gasteiger charge is -2.07. The quantitative estimate of drug-likeness (QED) is 0.779. The first kappa shape index (κ1) is 15.7. The third-order valence-electron chi connectivity index (χ3n) is 3.54. The molecule has 2 heterocycles. The number of nitrogens with one attached hydrogen (secondary N) is 1. The van der Waals surface area contributed by atoms with E-state index >= 15 is 0 Å². The van der Waals surface area contributed by atoms with E-state index in [0.717, 1.165) is 11.3 Å². The molecular formula is C16H15ClN4OS. The van der Waals surface area contributed by atoms with Gasteiger partial charge in [0, 0.05) is 22.3 Å². The summed E-state index contributed by atoms with van der Waals surface area (Å²) >= 11 is 7.58. The van der Waals surface area contributed by atoms with Crippen LogP contribution in [0.4, 0.5) is 5.13 Å². The van der Waals surface area contributed by atoms with Crippen molar-refractivity contribution >= 4 is 34.0 Å². The largest absolute Gasteiger partial charge is 0.298 e. The summed E-state index contributed by atoms with van der Waals surface area (Å²) in [4.78, 5) is 16.5. The van der Waals surface area contributed by atoms with Crippen LogP contribution in [0.3, 0.4) is 0 Å². The lowest BCUT2D eigenvalue weighted by Crippen LogP contribution is -2.14. The third kappa shape index (κ3) is 3.28. The van der Waals surface area contributed by atoms with Gasteiger partial charge in [-0.25, -0.2) is 4.98 Å². The number of thiazole rings is 1. The van der Waals surface area contributed by atoms with Gasteiger partial charge in [-0.15, -0.1) is 11.3 Å². The van der Waals surface area contributed by atoms with Gasteiger partial charge in [-0.2, -0.15) is 5.10 Å². The second-order valence-corrected chi connectivity index (χ2v) is 6.39. The number of carbonyl (C=O) groups is 1. The van der Waals surface area contributed by atoms with Crippen LogP contribution in [0.1, 0.15) is 27.3 Å². The van der Waals surface area contributed by atoms with Crippen molar-refractivity contribution in [1.82, 2.24) is 14.8 Å². The number of nitrogens with zero attached hydrogens (tertiary/aromatic N) is 3. The molecule has 0 bridgehead atoms. The zero-order chi connectivity index (χ0) is 16.4. The first-order valence-corrected chi connectivity index (χ1v) is 8.30. The number of carbonyl (C=O) groups excluding carboxylic acids is 1. The number of hydrogen-bond acceptors (Lipinski definition) is 4. The van der Waals surface area contributed by atoms with Gasteiger partial charge in [0.2, 0.25) is 0 Å². The minimum Gasteiger partial charge on any atom is -0.298 e. The van der Waals surface area contributed by atoms with Crippen molar-refractivity contribution in [2.24, 2.45) is 0 Å². The Hall–Kier alpha value is -2.18. The van der Waals surface area contributed by atoms with Crippen molar-refractivity contribution in [3.05, 3.63) is 63.4 Å². The Balaban J connectivity index is 1.87. The number of amides is 1. The molecule has 0 aliphatic heterocycles. The Morgan fingerprint density at radius 2 is 2.13 bits per heavy atom. The lowest BCUT2D eigenvalue weighted by molar-refractivity contribution is 0.102. The molecule has 23 heavy (non-hydrogen) atoms. The van der Waals surface area contributed by atoms with Crippen molar-refractivity contribution in [2.45, 2.75) is 20.4 Å². The first-order valence-electron chi connectivity index (χ1n) is 7.04. The van der Waals surface area contributed by atoms with Gasteiger partial charge in [0.05, 0.1) is 17.8 Å². The molecule has 1 N–H and O–H groups in total. The van der Waals surface area contributed by atoms with E-state index in [-0.39, 0.29) is 5.91 Å². The standard InChI is InChI=1S/C16H15ClN4OS/c1-10-14(15(22)19-16-18-7-8-23-16)11(2)21(20-10)9-12-5-3-4-6-13(12)17/h3-8H,9H2,1-2H3,(H,18,19,22). The summed E-state index contributed by atoms with van der Waals surface area (Å²) in [7, 11) is 0. The predicted octanol–water partition coefficient (Wildman–Crippen LogP) is 3.91. The number of halogens is 1. The molecule has 0 saturated carbocycles. The topological polar surface area (TPSA) is 59.8 Å². The molecule has 0 radical (unpaired) electrons. The molecule has 0 unspecified atom stereocenters. The second-order valence-electron chi connectivity index (χ2n) is 5.09. The van der Waals surface area contributed by atoms with Crippen molar-refractivity contribution in [3.8, 4) is 0 Å². The van der Waals surface area contributed by atoms with Gasteiger partial charge in [0.15, 0.2) is 5.13 Å². The molecule has 0 aliphatic carbocycles. The average Bonchev–Trinajstić information content (AvgIpc) is 3.10. The minimum absolute atomic E-state index is 0.194. The second kappa shape index (κ2) is 6.52. The average molecular weight is 347 g/mol. The Bertz CT molecular complexity index is 842. The number of anilines is 1. The molecule has 2 aromatic heterocycles. The molecule has 1 amide bonds. The van der Waals surface area contributed by atoms with Gasteiger partial charge in [0.1, 0.15) is 0 Å². The van der Waals surface area contributed by atoms with Crippen molar-refractivity contribution in [1.29, 1.82) is 0 Å². The Morgan fingerprint density at radius 3 is 2.83 bits per heavy atom. The van der Waals surface area contributed by atoms with Gasteiger partial charge in [-0.3, -0.25) is 14.8 Å². The number of aromatic nitrogens is 3. The molecule has 0 saturated heterocycles. The number of hydrogen-bond donors (Lipinski definition) is 1. The van der Waals surface area contributed by atoms with Crippen LogP contribution in [-0.4, -0.2) is 20.7 Å². The van der Waals surface area contributed by atoms with Gasteiger partial charge in [0.25, 0.3) is 5.91 Å². The van der Waals surface area contributed by atoms with E-state index in [1.54, 1.807) is 10.9 Å².